The van der Waals surface area contributed by atoms with Gasteiger partial charge in [0.15, 0.2) is 5.69 Å². The predicted octanol–water partition coefficient (Wildman–Crippen LogP) is 2.14. The summed E-state index contributed by atoms with van der Waals surface area (Å²) in [5, 5.41) is 9.14. The zero-order valence-corrected chi connectivity index (χ0v) is 10.1. The van der Waals surface area contributed by atoms with Crippen molar-refractivity contribution in [2.45, 2.75) is 6.92 Å². The van der Waals surface area contributed by atoms with E-state index in [9.17, 15) is 0 Å². The SMILES string of the molecule is Cc1nc(C#N)c(-c2ccc3nc[nH]c3c2)n1C. The van der Waals surface area contributed by atoms with Gasteiger partial charge < -0.3 is 9.55 Å². The van der Waals surface area contributed by atoms with Crippen LogP contribution in [0, 0.1) is 18.3 Å². The Labute approximate surface area is 104 Å². The molecule has 88 valence electrons. The van der Waals surface area contributed by atoms with Crippen molar-refractivity contribution >= 4 is 11.0 Å². The van der Waals surface area contributed by atoms with Gasteiger partial charge >= 0.3 is 0 Å². The lowest BCUT2D eigenvalue weighted by Crippen LogP contribution is -1.95. The van der Waals surface area contributed by atoms with Gasteiger partial charge in [0.25, 0.3) is 0 Å². The first-order valence-electron chi connectivity index (χ1n) is 5.57. The molecule has 3 rings (SSSR count). The Morgan fingerprint density at radius 1 is 1.39 bits per heavy atom. The van der Waals surface area contributed by atoms with Crippen LogP contribution in [0.3, 0.4) is 0 Å². The van der Waals surface area contributed by atoms with Gasteiger partial charge in [-0.15, -0.1) is 0 Å². The summed E-state index contributed by atoms with van der Waals surface area (Å²) in [4.78, 5) is 11.5. The van der Waals surface area contributed by atoms with Crippen LogP contribution in [0.1, 0.15) is 11.5 Å². The van der Waals surface area contributed by atoms with Crippen molar-refractivity contribution < 1.29 is 0 Å². The molecule has 5 nitrogen and oxygen atoms in total. The predicted molar refractivity (Wildman–Crippen MR) is 67.7 cm³/mol. The third-order valence-corrected chi connectivity index (χ3v) is 3.12. The number of nitrogens with one attached hydrogen (secondary N) is 1. The Kier molecular flexibility index (Phi) is 2.17. The Morgan fingerprint density at radius 3 is 3.00 bits per heavy atom. The number of hydrogen-bond donors (Lipinski definition) is 1. The van der Waals surface area contributed by atoms with Gasteiger partial charge in [-0.1, -0.05) is 6.07 Å². The van der Waals surface area contributed by atoms with Crippen LogP contribution in [0.4, 0.5) is 0 Å². The van der Waals surface area contributed by atoms with Gasteiger partial charge in [0.05, 0.1) is 23.1 Å². The van der Waals surface area contributed by atoms with E-state index < -0.39 is 0 Å². The van der Waals surface area contributed by atoms with Crippen molar-refractivity contribution in [3.63, 3.8) is 0 Å². The normalized spacial score (nSPS) is 10.7. The maximum Gasteiger partial charge on any atom is 0.166 e. The molecule has 0 aliphatic heterocycles. The van der Waals surface area contributed by atoms with Gasteiger partial charge in [-0.25, -0.2) is 9.97 Å². The van der Waals surface area contributed by atoms with Gasteiger partial charge in [0.1, 0.15) is 11.9 Å². The highest BCUT2D eigenvalue weighted by Crippen LogP contribution is 2.26. The van der Waals surface area contributed by atoms with E-state index in [0.717, 1.165) is 28.1 Å². The molecule has 0 atom stereocenters. The van der Waals surface area contributed by atoms with E-state index in [-0.39, 0.29) is 0 Å². The summed E-state index contributed by atoms with van der Waals surface area (Å²) in [6.45, 7) is 1.89. The number of hydrogen-bond acceptors (Lipinski definition) is 3. The summed E-state index contributed by atoms with van der Waals surface area (Å²) in [7, 11) is 1.91. The summed E-state index contributed by atoms with van der Waals surface area (Å²) >= 11 is 0. The lowest BCUT2D eigenvalue weighted by molar-refractivity contribution is 0.865. The largest absolute Gasteiger partial charge is 0.345 e. The quantitative estimate of drug-likeness (QED) is 0.704. The van der Waals surface area contributed by atoms with E-state index in [1.807, 2.05) is 36.7 Å². The summed E-state index contributed by atoms with van der Waals surface area (Å²) in [5.74, 6) is 0.825. The van der Waals surface area contributed by atoms with Crippen molar-refractivity contribution in [3.8, 4) is 17.3 Å². The zero-order chi connectivity index (χ0) is 12.7. The number of imidazole rings is 2. The lowest BCUT2D eigenvalue weighted by Gasteiger charge is -2.04. The van der Waals surface area contributed by atoms with Crippen LogP contribution in [0.2, 0.25) is 0 Å². The fraction of sp³-hybridized carbons (Fsp3) is 0.154. The molecule has 0 fully saturated rings. The number of fused-ring (bicyclic) bond motifs is 1. The van der Waals surface area contributed by atoms with Gasteiger partial charge in [-0.05, 0) is 19.1 Å². The van der Waals surface area contributed by atoms with E-state index in [1.54, 1.807) is 6.33 Å². The Hall–Kier alpha value is -2.61. The van der Waals surface area contributed by atoms with E-state index in [4.69, 9.17) is 5.26 Å². The number of nitrogens with zero attached hydrogens (tertiary/aromatic N) is 4. The number of H-pyrrole nitrogens is 1. The first-order chi connectivity index (χ1) is 8.70. The zero-order valence-electron chi connectivity index (χ0n) is 10.1. The molecule has 2 aromatic heterocycles. The highest BCUT2D eigenvalue weighted by Gasteiger charge is 2.14. The average Bonchev–Trinajstić information content (AvgIpc) is 2.94. The number of aromatic nitrogens is 4. The highest BCUT2D eigenvalue weighted by atomic mass is 15.1. The van der Waals surface area contributed by atoms with Crippen LogP contribution in [-0.2, 0) is 7.05 Å². The van der Waals surface area contributed by atoms with Crippen molar-refractivity contribution in [3.05, 3.63) is 36.0 Å². The summed E-state index contributed by atoms with van der Waals surface area (Å²) in [6, 6.07) is 8.02. The Morgan fingerprint density at radius 2 is 2.22 bits per heavy atom. The third kappa shape index (κ3) is 1.39. The molecule has 0 bridgehead atoms. The Bertz CT molecular complexity index is 772. The van der Waals surface area contributed by atoms with Crippen LogP contribution in [0.5, 0.6) is 0 Å². The second kappa shape index (κ2) is 3.70. The molecule has 0 aliphatic carbocycles. The molecule has 0 radical (unpaired) electrons. The molecule has 0 aliphatic rings. The van der Waals surface area contributed by atoms with Crippen LogP contribution >= 0.6 is 0 Å². The molecule has 0 spiro atoms. The van der Waals surface area contributed by atoms with Crippen LogP contribution in [0.25, 0.3) is 22.3 Å². The smallest absolute Gasteiger partial charge is 0.166 e. The molecular formula is C13H11N5. The minimum absolute atomic E-state index is 0.453. The van der Waals surface area contributed by atoms with Crippen molar-refractivity contribution in [1.29, 1.82) is 5.26 Å². The molecular weight excluding hydrogens is 226 g/mol. The molecule has 3 aromatic rings. The topological polar surface area (TPSA) is 70.3 Å². The number of nitriles is 1. The van der Waals surface area contributed by atoms with Gasteiger partial charge in [0, 0.05) is 12.6 Å². The fourth-order valence-electron chi connectivity index (χ4n) is 2.10. The van der Waals surface area contributed by atoms with Crippen LogP contribution in [-0.4, -0.2) is 19.5 Å². The third-order valence-electron chi connectivity index (χ3n) is 3.12. The van der Waals surface area contributed by atoms with E-state index in [1.165, 1.54) is 0 Å². The fourth-order valence-corrected chi connectivity index (χ4v) is 2.10. The second-order valence-electron chi connectivity index (χ2n) is 4.16. The summed E-state index contributed by atoms with van der Waals surface area (Å²) in [6.07, 6.45) is 1.66. The van der Waals surface area contributed by atoms with E-state index in [0.29, 0.717) is 5.69 Å². The molecule has 0 saturated carbocycles. The maximum absolute atomic E-state index is 9.14. The monoisotopic (exact) mass is 237 g/mol. The number of aryl methyl sites for hydroxylation is 1. The average molecular weight is 237 g/mol. The minimum atomic E-state index is 0.453. The number of rotatable bonds is 1. The number of benzene rings is 1. The maximum atomic E-state index is 9.14. The van der Waals surface area contributed by atoms with E-state index in [2.05, 4.69) is 21.0 Å². The van der Waals surface area contributed by atoms with E-state index >= 15 is 0 Å². The van der Waals surface area contributed by atoms with Crippen LogP contribution in [0.15, 0.2) is 24.5 Å². The van der Waals surface area contributed by atoms with Gasteiger partial charge in [-0.3, -0.25) is 0 Å². The van der Waals surface area contributed by atoms with Gasteiger partial charge in [0.2, 0.25) is 0 Å². The first-order valence-corrected chi connectivity index (χ1v) is 5.57. The molecule has 5 heteroatoms. The molecule has 1 aromatic carbocycles. The van der Waals surface area contributed by atoms with Crippen molar-refractivity contribution in [1.82, 2.24) is 19.5 Å². The van der Waals surface area contributed by atoms with Crippen molar-refractivity contribution in [2.24, 2.45) is 7.05 Å². The lowest BCUT2D eigenvalue weighted by atomic mass is 10.1. The molecule has 1 N–H and O–H groups in total. The molecule has 0 saturated heterocycles. The molecule has 0 amide bonds. The molecule has 18 heavy (non-hydrogen) atoms. The van der Waals surface area contributed by atoms with Gasteiger partial charge in [-0.2, -0.15) is 5.26 Å². The summed E-state index contributed by atoms with van der Waals surface area (Å²) < 4.78 is 1.93. The standard InChI is InChI=1S/C13H11N5/c1-8-17-12(6-14)13(18(8)2)9-3-4-10-11(5-9)16-7-15-10/h3-5,7H,1-2H3,(H,15,16). The second-order valence-corrected chi connectivity index (χ2v) is 4.16. The molecule has 2 heterocycles. The Balaban J connectivity index is 2.28. The van der Waals surface area contributed by atoms with Crippen molar-refractivity contribution in [2.75, 3.05) is 0 Å². The number of aromatic amines is 1. The van der Waals surface area contributed by atoms with Crippen LogP contribution < -0.4 is 0 Å². The minimum Gasteiger partial charge on any atom is -0.345 e. The highest BCUT2D eigenvalue weighted by molar-refractivity contribution is 5.81. The molecule has 0 unspecified atom stereocenters. The first kappa shape index (κ1) is 10.5. The summed E-state index contributed by atoms with van der Waals surface area (Å²) in [5.41, 5.74) is 4.12.